The summed E-state index contributed by atoms with van der Waals surface area (Å²) < 4.78 is 94.2. The summed E-state index contributed by atoms with van der Waals surface area (Å²) in [5.41, 5.74) is 27.0. The molecule has 7 amide bonds. The van der Waals surface area contributed by atoms with E-state index in [1.54, 1.807) is 26.0 Å². The van der Waals surface area contributed by atoms with E-state index in [9.17, 15) is 37.9 Å². The third-order valence-corrected chi connectivity index (χ3v) is 16.8. The van der Waals surface area contributed by atoms with Crippen LogP contribution in [-0.2, 0) is 67.2 Å². The number of carbonyl (C=O) groups excluding carboxylic acids is 6. The molecule has 3 saturated heterocycles. The van der Waals surface area contributed by atoms with Crippen molar-refractivity contribution in [3.05, 3.63) is 65.6 Å². The lowest BCUT2D eigenvalue weighted by atomic mass is 10.0. The molecule has 1 aromatic carbocycles. The van der Waals surface area contributed by atoms with Crippen molar-refractivity contribution in [3.63, 3.8) is 0 Å². The second-order valence-electron chi connectivity index (χ2n) is 20.0. The van der Waals surface area contributed by atoms with Gasteiger partial charge in [0.1, 0.15) is 73.3 Å². The Morgan fingerprint density at radius 3 is 1.98 bits per heavy atom. The summed E-state index contributed by atoms with van der Waals surface area (Å²) in [4.78, 5) is 107. The minimum Gasteiger partial charge on any atom is -0.445 e. The summed E-state index contributed by atoms with van der Waals surface area (Å²) in [6.45, 7) is -8.35. The maximum absolute atomic E-state index is 16.5. The highest BCUT2D eigenvalue weighted by molar-refractivity contribution is 8.44. The maximum Gasteiger partial charge on any atom is 0.410 e. The number of ether oxygens (including phenoxy) is 4. The summed E-state index contributed by atoms with van der Waals surface area (Å²) >= 11 is 8.36. The lowest BCUT2D eigenvalue weighted by Crippen LogP contribution is -2.55. The first kappa shape index (κ1) is 65.3. The number of nitrogens with zero attached hydrogens (tertiary/aromatic N) is 13. The van der Waals surface area contributed by atoms with Crippen LogP contribution in [0.5, 0.6) is 0 Å². The Bertz CT molecular complexity index is 3500. The first-order valence-electron chi connectivity index (χ1n) is 26.3. The third kappa shape index (κ3) is 16.3. The smallest absolute Gasteiger partial charge is 0.410 e. The number of halogens is 1. The SMILES string of the molecule is CC(C)[C@H](NC(=O)CN=[N+]=[N-])C(=O)N[C@@H](CCCNC(N)=O)C(=O)Nc1ccc(COC(=O)N(C)CCN(C)C(=O)O[C@@H]2[C@@H]3OP(=O)(S)OC[C@H]4O[C@@H](n5cnc6c(N)ncnc65)[C@H](F)[C@@H]4OP(=O)(S)OC[C@H]3O[C@H]2n2cnc3c(N)ncnc32)cc1. The van der Waals surface area contributed by atoms with E-state index in [-0.39, 0.29) is 73.0 Å². The molecule has 0 radical (unpaired) electrons. The van der Waals surface area contributed by atoms with Gasteiger partial charge in [-0.2, -0.15) is 0 Å². The molecule has 2 unspecified atom stereocenters. The number of aromatic nitrogens is 8. The average Bonchev–Trinajstić information content (AvgIpc) is 1.72. The first-order chi connectivity index (χ1) is 41.3. The highest BCUT2D eigenvalue weighted by Gasteiger charge is 2.55. The fraction of sp³-hybridized carbons (Fsp3) is 0.522. The summed E-state index contributed by atoms with van der Waals surface area (Å²) in [5.74, 6) is -2.48. The number of imidazole rings is 2. The number of anilines is 3. The maximum atomic E-state index is 16.5. The number of rotatable bonds is 20. The highest BCUT2D eigenvalue weighted by Crippen LogP contribution is 2.61. The van der Waals surface area contributed by atoms with Gasteiger partial charge in [0.15, 0.2) is 47.7 Å². The van der Waals surface area contributed by atoms with E-state index in [1.165, 1.54) is 52.9 Å². The van der Waals surface area contributed by atoms with Crippen molar-refractivity contribution in [1.82, 2.24) is 64.8 Å². The third-order valence-electron chi connectivity index (χ3n) is 13.5. The Kier molecular flexibility index (Phi) is 21.3. The summed E-state index contributed by atoms with van der Waals surface area (Å²) in [6.07, 6.45) is -9.85. The van der Waals surface area contributed by atoms with Crippen molar-refractivity contribution in [3.8, 4) is 0 Å². The Morgan fingerprint density at radius 2 is 1.39 bits per heavy atom. The number of azide groups is 1. The second kappa shape index (κ2) is 28.4. The van der Waals surface area contributed by atoms with E-state index >= 15 is 4.39 Å². The number of primary amides is 1. The van der Waals surface area contributed by atoms with Crippen LogP contribution in [0.1, 0.15) is 44.7 Å². The lowest BCUT2D eigenvalue weighted by Gasteiger charge is -2.30. The number of likely N-dealkylation sites (N-methyl/N-ethyl adjacent to an activating group) is 2. The number of hydrogen-bond acceptors (Lipinski definition) is 25. The quantitative estimate of drug-likeness (QED) is 0.0135. The molecule has 8 rings (SSSR count). The van der Waals surface area contributed by atoms with Gasteiger partial charge < -0.3 is 67.2 Å². The van der Waals surface area contributed by atoms with Crippen LogP contribution in [0, 0.1) is 5.92 Å². The van der Waals surface area contributed by atoms with Gasteiger partial charge in [-0.1, -0.05) is 55.6 Å². The molecular formula is C46H61FN20O16P2S2. The van der Waals surface area contributed by atoms with Crippen molar-refractivity contribution >= 4 is 114 Å². The van der Waals surface area contributed by atoms with Gasteiger partial charge in [-0.25, -0.2) is 57.8 Å². The second-order valence-corrected chi connectivity index (χ2v) is 25.8. The largest absolute Gasteiger partial charge is 0.445 e. The lowest BCUT2D eigenvalue weighted by molar-refractivity contribution is -0.131. The van der Waals surface area contributed by atoms with Crippen molar-refractivity contribution < 1.29 is 79.3 Å². The van der Waals surface area contributed by atoms with Gasteiger partial charge >= 0.3 is 31.8 Å². The Labute approximate surface area is 503 Å². The molecule has 0 spiro atoms. The van der Waals surface area contributed by atoms with E-state index < -0.39 is 136 Å². The standard InChI is InChI=1S/C46H61FN20O16P2S2/c1-22(2)30(62-28(68)14-59-63-51)41(70)61-25(6-5-11-52-44(50)71)40(69)60-24-9-7-23(8-10-24)15-76-45(72)64(3)12-13-65(4)46(73)81-35-34-27(80-43(35)67-21-58-32-37(49)54-19-56-39(32)67)17-78-84(74,86)82-33-26(16-77-85(75,87)83-34)79-42(29(33)47)66-20-57-31-36(48)53-18-55-38(31)66/h7-10,18-22,25-27,29-30,33-35,42-43H,5-6,11-17H2,1-4H3,(H,60,69)(H,61,70)(H,62,68)(H,74,86)(H,75,87)(H2,48,53,55)(H2,49,54,56)(H3,50,52,71)/t25-,26+,27+,29+,30-,33+,34+,35+,42+,43+,84?,85?/m0/s1. The molecule has 0 bridgehead atoms. The molecule has 5 aromatic rings. The number of nitrogens with one attached hydrogen (secondary N) is 4. The van der Waals surface area contributed by atoms with Gasteiger partial charge in [-0.3, -0.25) is 41.6 Å². The fourth-order valence-corrected chi connectivity index (χ4v) is 12.0. The van der Waals surface area contributed by atoms with Crippen LogP contribution < -0.4 is 38.5 Å². The van der Waals surface area contributed by atoms with E-state index in [2.05, 4.69) is 85.7 Å². The zero-order valence-electron chi connectivity index (χ0n) is 46.6. The zero-order chi connectivity index (χ0) is 62.9. The van der Waals surface area contributed by atoms with Gasteiger partial charge in [0.05, 0.1) is 25.9 Å². The van der Waals surface area contributed by atoms with Crippen molar-refractivity contribution in [2.24, 2.45) is 16.8 Å². The summed E-state index contributed by atoms with van der Waals surface area (Å²) in [7, 11) is 2.76. The van der Waals surface area contributed by atoms with Crippen LogP contribution in [0.3, 0.4) is 0 Å². The molecule has 470 valence electrons. The molecule has 41 heteroatoms. The molecule has 3 fully saturated rings. The predicted molar refractivity (Wildman–Crippen MR) is 307 cm³/mol. The molecule has 36 nitrogen and oxygen atoms in total. The monoisotopic (exact) mass is 1290 g/mol. The van der Waals surface area contributed by atoms with Gasteiger partial charge in [0.25, 0.3) is 0 Å². The number of nitrogens with two attached hydrogens (primary N) is 3. The van der Waals surface area contributed by atoms with E-state index in [0.29, 0.717) is 11.3 Å². The molecule has 3 aliphatic rings. The van der Waals surface area contributed by atoms with Gasteiger partial charge in [0, 0.05) is 44.3 Å². The van der Waals surface area contributed by atoms with Crippen LogP contribution in [0.25, 0.3) is 32.8 Å². The minimum atomic E-state index is -4.64. The first-order valence-corrected chi connectivity index (χ1v) is 31.7. The van der Waals surface area contributed by atoms with Crippen LogP contribution in [0.15, 0.2) is 54.7 Å². The Balaban J connectivity index is 0.897. The topological polar surface area (TPSA) is 479 Å². The number of amides is 7. The molecule has 12 atom stereocenters. The van der Waals surface area contributed by atoms with E-state index in [0.717, 1.165) is 17.6 Å². The van der Waals surface area contributed by atoms with E-state index in [1.807, 2.05) is 0 Å². The van der Waals surface area contributed by atoms with E-state index in [4.69, 9.17) is 59.8 Å². The number of hydrogen-bond donors (Lipinski definition) is 9. The van der Waals surface area contributed by atoms with Crippen molar-refractivity contribution in [2.45, 2.75) is 94.5 Å². The van der Waals surface area contributed by atoms with Crippen molar-refractivity contribution in [1.29, 1.82) is 0 Å². The predicted octanol–water partition coefficient (Wildman–Crippen LogP) is 2.89. The molecule has 10 N–H and O–H groups in total. The van der Waals surface area contributed by atoms with Crippen LogP contribution >= 0.6 is 38.1 Å². The number of fused-ring (bicyclic) bond motifs is 4. The normalized spacial score (nSPS) is 25.3. The number of nitrogen functional groups attached to an aromatic ring is 2. The number of thiol groups is 2. The fourth-order valence-electron chi connectivity index (χ4n) is 9.07. The zero-order valence-corrected chi connectivity index (χ0v) is 50.2. The average molecular weight is 1300 g/mol. The molecule has 0 aliphatic carbocycles. The molecule has 3 aliphatic heterocycles. The van der Waals surface area contributed by atoms with Crippen LogP contribution in [-0.4, -0.2) is 187 Å². The number of urea groups is 1. The van der Waals surface area contributed by atoms with Gasteiger partial charge in [-0.15, -0.1) is 0 Å². The summed E-state index contributed by atoms with van der Waals surface area (Å²) in [6, 6.07) is 3.17. The van der Waals surface area contributed by atoms with Crippen molar-refractivity contribution in [2.75, 3.05) is 70.3 Å². The Hall–Kier alpha value is -7.70. The molecule has 7 heterocycles. The summed E-state index contributed by atoms with van der Waals surface area (Å²) in [5, 5.41) is 13.5. The van der Waals surface area contributed by atoms with Gasteiger partial charge in [-0.05, 0) is 42.0 Å². The minimum absolute atomic E-state index is 0.00164. The number of alkyl halides is 1. The number of benzene rings is 1. The molecular weight excluding hydrogens is 1230 g/mol. The molecule has 0 saturated carbocycles. The van der Waals surface area contributed by atoms with Gasteiger partial charge in [0.2, 0.25) is 17.7 Å². The van der Waals surface area contributed by atoms with Crippen LogP contribution in [0.4, 0.5) is 36.1 Å². The molecule has 4 aromatic heterocycles. The molecule has 87 heavy (non-hydrogen) atoms. The highest BCUT2D eigenvalue weighted by atomic mass is 32.7. The Morgan fingerprint density at radius 1 is 0.828 bits per heavy atom. The number of carbonyl (C=O) groups is 6. The van der Waals surface area contributed by atoms with Crippen LogP contribution in [0.2, 0.25) is 0 Å².